The highest BCUT2D eigenvalue weighted by Gasteiger charge is 2.50. The summed E-state index contributed by atoms with van der Waals surface area (Å²) in [4.78, 5) is 14.0. The van der Waals surface area contributed by atoms with E-state index in [9.17, 15) is 15.0 Å². The largest absolute Gasteiger partial charge is 0.504 e. The number of phenolic OH excluding ortho intramolecular Hbond substituents is 1. The normalized spacial score (nSPS) is 29.0. The van der Waals surface area contributed by atoms with Gasteiger partial charge in [-0.2, -0.15) is 0 Å². The van der Waals surface area contributed by atoms with Crippen molar-refractivity contribution in [3.63, 3.8) is 0 Å². The van der Waals surface area contributed by atoms with Gasteiger partial charge in [-0.15, -0.1) is 0 Å². The summed E-state index contributed by atoms with van der Waals surface area (Å²) >= 11 is 0. The number of carbonyl (C=O) groups excluding carboxylic acids is 1. The van der Waals surface area contributed by atoms with Gasteiger partial charge in [0.05, 0.1) is 25.4 Å². The molecular weight excluding hydrogens is 322 g/mol. The maximum absolute atomic E-state index is 12.3. The van der Waals surface area contributed by atoms with E-state index in [0.29, 0.717) is 25.3 Å². The first-order valence-corrected chi connectivity index (χ1v) is 9.03. The molecule has 6 nitrogen and oxygen atoms in total. The number of piperidine rings is 1. The summed E-state index contributed by atoms with van der Waals surface area (Å²) in [6.45, 7) is 2.75. The molecule has 6 heteroatoms. The number of fused-ring (bicyclic) bond motifs is 1. The number of hydrogen-bond acceptors (Lipinski definition) is 5. The fraction of sp³-hybridized carbons (Fsp3) is 0.632. The minimum atomic E-state index is -0.753. The van der Waals surface area contributed by atoms with Crippen LogP contribution < -0.4 is 4.74 Å². The lowest BCUT2D eigenvalue weighted by molar-refractivity contribution is -0.117. The molecule has 0 spiro atoms. The molecule has 0 bridgehead atoms. The highest BCUT2D eigenvalue weighted by Crippen LogP contribution is 2.50. The number of nitrogens with zero attached hydrogens (tertiary/aromatic N) is 1. The Morgan fingerprint density at radius 3 is 2.88 bits per heavy atom. The molecule has 1 saturated heterocycles. The average molecular weight is 349 g/mol. The molecule has 1 heterocycles. The SMILES string of the molecule is CCOc1cc([C@@H]2[C@@H]3CCCC[C@@]3(O)CCN2C(=O)OC)ccc1O. The Morgan fingerprint density at radius 1 is 1.36 bits per heavy atom. The van der Waals surface area contributed by atoms with Gasteiger partial charge in [-0.3, -0.25) is 0 Å². The van der Waals surface area contributed by atoms with Gasteiger partial charge in [0.15, 0.2) is 11.5 Å². The van der Waals surface area contributed by atoms with Crippen LogP contribution in [0.2, 0.25) is 0 Å². The van der Waals surface area contributed by atoms with Crippen LogP contribution in [0.25, 0.3) is 0 Å². The molecule has 0 unspecified atom stereocenters. The fourth-order valence-electron chi connectivity index (χ4n) is 4.40. The molecular formula is C19H27NO5. The molecule has 2 fully saturated rings. The lowest BCUT2D eigenvalue weighted by Crippen LogP contribution is -2.56. The summed E-state index contributed by atoms with van der Waals surface area (Å²) in [6, 6.07) is 4.89. The third kappa shape index (κ3) is 3.27. The smallest absolute Gasteiger partial charge is 0.410 e. The maximum atomic E-state index is 12.3. The summed E-state index contributed by atoms with van der Waals surface area (Å²) in [5.41, 5.74) is 0.105. The fourth-order valence-corrected chi connectivity index (χ4v) is 4.40. The molecule has 1 amide bonds. The summed E-state index contributed by atoms with van der Waals surface area (Å²) in [7, 11) is 1.38. The zero-order valence-electron chi connectivity index (χ0n) is 14.9. The molecule has 1 saturated carbocycles. The summed E-state index contributed by atoms with van der Waals surface area (Å²) in [5.74, 6) is 0.424. The standard InChI is InChI=1S/C19H27NO5/c1-3-25-16-12-13(7-8-15(16)21)17-14-6-4-5-9-19(14,23)10-11-20(17)18(22)24-2/h7-8,12,14,17,21,23H,3-6,9-11H2,1-2H3/t14-,17+,19+/m0/s1. The zero-order valence-corrected chi connectivity index (χ0v) is 14.9. The van der Waals surface area contributed by atoms with Crippen LogP contribution in [-0.2, 0) is 4.74 Å². The van der Waals surface area contributed by atoms with E-state index in [1.807, 2.05) is 6.92 Å². The first kappa shape index (κ1) is 17.9. The molecule has 0 radical (unpaired) electrons. The third-order valence-corrected chi connectivity index (χ3v) is 5.60. The molecule has 1 aliphatic carbocycles. The van der Waals surface area contributed by atoms with Crippen molar-refractivity contribution in [2.24, 2.45) is 5.92 Å². The predicted molar refractivity (Wildman–Crippen MR) is 92.7 cm³/mol. The van der Waals surface area contributed by atoms with Crippen molar-refractivity contribution >= 4 is 6.09 Å². The molecule has 138 valence electrons. The van der Waals surface area contributed by atoms with Gasteiger partial charge in [-0.25, -0.2) is 4.79 Å². The minimum Gasteiger partial charge on any atom is -0.504 e. The van der Waals surface area contributed by atoms with Crippen LogP contribution in [0.1, 0.15) is 50.6 Å². The van der Waals surface area contributed by atoms with E-state index in [-0.39, 0.29) is 23.8 Å². The van der Waals surface area contributed by atoms with Crippen LogP contribution in [0.15, 0.2) is 18.2 Å². The number of aromatic hydroxyl groups is 1. The number of aliphatic hydroxyl groups is 1. The molecule has 2 N–H and O–H groups in total. The Morgan fingerprint density at radius 2 is 2.16 bits per heavy atom. The van der Waals surface area contributed by atoms with E-state index in [1.165, 1.54) is 7.11 Å². The Hall–Kier alpha value is -1.95. The number of likely N-dealkylation sites (tertiary alicyclic amines) is 1. The number of phenols is 1. The Bertz CT molecular complexity index is 634. The first-order chi connectivity index (χ1) is 12.0. The topological polar surface area (TPSA) is 79.2 Å². The molecule has 3 atom stereocenters. The quantitative estimate of drug-likeness (QED) is 0.876. The number of rotatable bonds is 3. The van der Waals surface area contributed by atoms with Crippen molar-refractivity contribution in [2.75, 3.05) is 20.3 Å². The minimum absolute atomic E-state index is 0.0480. The number of methoxy groups -OCH3 is 1. The van der Waals surface area contributed by atoms with Crippen LogP contribution in [0.5, 0.6) is 11.5 Å². The van der Waals surface area contributed by atoms with Crippen molar-refractivity contribution in [2.45, 2.75) is 50.7 Å². The maximum Gasteiger partial charge on any atom is 0.410 e. The van der Waals surface area contributed by atoms with Crippen molar-refractivity contribution in [1.82, 2.24) is 4.90 Å². The van der Waals surface area contributed by atoms with Gasteiger partial charge in [0, 0.05) is 12.5 Å². The monoisotopic (exact) mass is 349 g/mol. The van der Waals surface area contributed by atoms with Crippen molar-refractivity contribution in [1.29, 1.82) is 0 Å². The molecule has 0 aromatic heterocycles. The molecule has 3 rings (SSSR count). The van der Waals surface area contributed by atoms with Gasteiger partial charge in [0.1, 0.15) is 0 Å². The molecule has 1 aromatic rings. The summed E-state index contributed by atoms with van der Waals surface area (Å²) < 4.78 is 10.5. The number of ether oxygens (including phenoxy) is 2. The second-order valence-electron chi connectivity index (χ2n) is 6.97. The summed E-state index contributed by atoms with van der Waals surface area (Å²) in [5, 5.41) is 21.2. The van der Waals surface area contributed by atoms with E-state index >= 15 is 0 Å². The Balaban J connectivity index is 2.02. The molecule has 1 aliphatic heterocycles. The van der Waals surface area contributed by atoms with Gasteiger partial charge < -0.3 is 24.6 Å². The van der Waals surface area contributed by atoms with Gasteiger partial charge >= 0.3 is 6.09 Å². The Kier molecular flexibility index (Phi) is 5.08. The van der Waals surface area contributed by atoms with Crippen LogP contribution in [0.3, 0.4) is 0 Å². The van der Waals surface area contributed by atoms with Gasteiger partial charge in [-0.05, 0) is 43.9 Å². The van der Waals surface area contributed by atoms with Gasteiger partial charge in [0.25, 0.3) is 0 Å². The lowest BCUT2D eigenvalue weighted by Gasteiger charge is -2.52. The highest BCUT2D eigenvalue weighted by atomic mass is 16.5. The van der Waals surface area contributed by atoms with Crippen LogP contribution in [-0.4, -0.2) is 47.1 Å². The van der Waals surface area contributed by atoms with Crippen LogP contribution >= 0.6 is 0 Å². The van der Waals surface area contributed by atoms with Crippen LogP contribution in [0.4, 0.5) is 4.79 Å². The third-order valence-electron chi connectivity index (χ3n) is 5.60. The van der Waals surface area contributed by atoms with Crippen LogP contribution in [0, 0.1) is 5.92 Å². The highest BCUT2D eigenvalue weighted by molar-refractivity contribution is 5.68. The van der Waals surface area contributed by atoms with E-state index in [1.54, 1.807) is 23.1 Å². The molecule has 25 heavy (non-hydrogen) atoms. The second kappa shape index (κ2) is 7.12. The van der Waals surface area contributed by atoms with Crippen molar-refractivity contribution in [3.05, 3.63) is 23.8 Å². The van der Waals surface area contributed by atoms with E-state index in [0.717, 1.165) is 31.2 Å². The number of amides is 1. The first-order valence-electron chi connectivity index (χ1n) is 9.03. The van der Waals surface area contributed by atoms with Crippen molar-refractivity contribution in [3.8, 4) is 11.5 Å². The molecule has 2 aliphatic rings. The second-order valence-corrected chi connectivity index (χ2v) is 6.97. The lowest BCUT2D eigenvalue weighted by atomic mass is 9.66. The number of benzene rings is 1. The molecule has 1 aromatic carbocycles. The predicted octanol–water partition coefficient (Wildman–Crippen LogP) is 3.23. The van der Waals surface area contributed by atoms with Gasteiger partial charge in [-0.1, -0.05) is 18.9 Å². The van der Waals surface area contributed by atoms with E-state index < -0.39 is 5.60 Å². The average Bonchev–Trinajstić information content (AvgIpc) is 2.62. The van der Waals surface area contributed by atoms with Crippen molar-refractivity contribution < 1.29 is 24.5 Å². The van der Waals surface area contributed by atoms with Gasteiger partial charge in [0.2, 0.25) is 0 Å². The van der Waals surface area contributed by atoms with E-state index in [2.05, 4.69) is 0 Å². The number of carbonyl (C=O) groups is 1. The Labute approximate surface area is 148 Å². The van der Waals surface area contributed by atoms with E-state index in [4.69, 9.17) is 9.47 Å². The summed E-state index contributed by atoms with van der Waals surface area (Å²) in [6.07, 6.45) is 3.86. The zero-order chi connectivity index (χ0) is 18.0. The number of hydrogen-bond donors (Lipinski definition) is 2.